The Kier molecular flexibility index (Phi) is 4.89. The van der Waals surface area contributed by atoms with E-state index in [2.05, 4.69) is 38.6 Å². The molecular weight excluding hydrogens is 211 g/mol. The van der Waals surface area contributed by atoms with Gasteiger partial charge in [0.1, 0.15) is 6.67 Å². The van der Waals surface area contributed by atoms with E-state index in [1.165, 1.54) is 11.1 Å². The van der Waals surface area contributed by atoms with Crippen molar-refractivity contribution in [3.05, 3.63) is 65.3 Å². The van der Waals surface area contributed by atoms with Crippen LogP contribution >= 0.6 is 0 Å². The minimum absolute atomic E-state index is 0.424. The van der Waals surface area contributed by atoms with E-state index in [1.807, 2.05) is 19.1 Å². The average Bonchev–Trinajstić information content (AvgIpc) is 2.26. The Balaban J connectivity index is 2.87. The number of allylic oxidation sites excluding steroid dienone is 5. The molecule has 1 rings (SSSR count). The van der Waals surface area contributed by atoms with Crippen LogP contribution in [0.5, 0.6) is 0 Å². The Morgan fingerprint density at radius 1 is 1.29 bits per heavy atom. The van der Waals surface area contributed by atoms with E-state index >= 15 is 0 Å². The Morgan fingerprint density at radius 2 is 2.00 bits per heavy atom. The topological polar surface area (TPSA) is 0 Å². The van der Waals surface area contributed by atoms with Gasteiger partial charge >= 0.3 is 0 Å². The van der Waals surface area contributed by atoms with Gasteiger partial charge in [0.2, 0.25) is 0 Å². The second-order valence-corrected chi connectivity index (χ2v) is 4.28. The van der Waals surface area contributed by atoms with Crippen molar-refractivity contribution in [3.63, 3.8) is 0 Å². The van der Waals surface area contributed by atoms with E-state index in [0.717, 1.165) is 16.7 Å². The Labute approximate surface area is 103 Å². The van der Waals surface area contributed by atoms with Crippen LogP contribution in [-0.2, 0) is 0 Å². The minimum atomic E-state index is -0.424. The van der Waals surface area contributed by atoms with Gasteiger partial charge in [0.15, 0.2) is 0 Å². The second kappa shape index (κ2) is 6.19. The van der Waals surface area contributed by atoms with Crippen molar-refractivity contribution >= 4 is 5.57 Å². The SMILES string of the molecule is C=C(/C=C\C(C)=C/CF)c1ccc(C)cc1C. The highest BCUT2D eigenvalue weighted by Gasteiger charge is 1.99. The molecule has 0 aliphatic carbocycles. The molecule has 0 N–H and O–H groups in total. The van der Waals surface area contributed by atoms with Gasteiger partial charge in [0, 0.05) is 0 Å². The highest BCUT2D eigenvalue weighted by atomic mass is 19.1. The van der Waals surface area contributed by atoms with Crippen LogP contribution in [0, 0.1) is 13.8 Å². The van der Waals surface area contributed by atoms with Gasteiger partial charge in [-0.1, -0.05) is 54.1 Å². The highest BCUT2D eigenvalue weighted by molar-refractivity contribution is 5.74. The lowest BCUT2D eigenvalue weighted by atomic mass is 9.99. The van der Waals surface area contributed by atoms with Crippen LogP contribution in [-0.4, -0.2) is 6.67 Å². The van der Waals surface area contributed by atoms with Gasteiger partial charge in [0.05, 0.1) is 0 Å². The first kappa shape index (κ1) is 13.4. The second-order valence-electron chi connectivity index (χ2n) is 4.28. The van der Waals surface area contributed by atoms with Crippen LogP contribution in [0.2, 0.25) is 0 Å². The molecule has 0 bridgehead atoms. The van der Waals surface area contributed by atoms with Crippen molar-refractivity contribution in [3.8, 4) is 0 Å². The van der Waals surface area contributed by atoms with Crippen molar-refractivity contribution in [1.82, 2.24) is 0 Å². The number of halogens is 1. The molecule has 1 aromatic carbocycles. The molecule has 0 heterocycles. The monoisotopic (exact) mass is 230 g/mol. The van der Waals surface area contributed by atoms with E-state index in [1.54, 1.807) is 6.08 Å². The molecular formula is C16H19F. The smallest absolute Gasteiger partial charge is 0.108 e. The fourth-order valence-electron chi connectivity index (χ4n) is 1.69. The molecule has 1 aromatic rings. The summed E-state index contributed by atoms with van der Waals surface area (Å²) in [6, 6.07) is 6.29. The summed E-state index contributed by atoms with van der Waals surface area (Å²) in [5.41, 5.74) is 5.47. The van der Waals surface area contributed by atoms with Gasteiger partial charge in [0.25, 0.3) is 0 Å². The molecule has 90 valence electrons. The van der Waals surface area contributed by atoms with Gasteiger partial charge < -0.3 is 0 Å². The molecule has 0 nitrogen and oxygen atoms in total. The molecule has 0 amide bonds. The number of aryl methyl sites for hydroxylation is 2. The number of benzene rings is 1. The van der Waals surface area contributed by atoms with Crippen LogP contribution < -0.4 is 0 Å². The van der Waals surface area contributed by atoms with E-state index in [4.69, 9.17) is 0 Å². The average molecular weight is 230 g/mol. The summed E-state index contributed by atoms with van der Waals surface area (Å²) in [7, 11) is 0. The maximum Gasteiger partial charge on any atom is 0.108 e. The summed E-state index contributed by atoms with van der Waals surface area (Å²) in [5, 5.41) is 0. The van der Waals surface area contributed by atoms with Crippen LogP contribution in [0.4, 0.5) is 4.39 Å². The predicted molar refractivity (Wildman–Crippen MR) is 73.8 cm³/mol. The molecule has 1 heteroatoms. The molecule has 0 aromatic heterocycles. The maximum atomic E-state index is 12.1. The third kappa shape index (κ3) is 4.03. The van der Waals surface area contributed by atoms with E-state index < -0.39 is 6.67 Å². The molecule has 0 aliphatic rings. The number of hydrogen-bond acceptors (Lipinski definition) is 0. The lowest BCUT2D eigenvalue weighted by molar-refractivity contribution is 0.560. The summed E-state index contributed by atoms with van der Waals surface area (Å²) < 4.78 is 12.1. The van der Waals surface area contributed by atoms with Crippen molar-refractivity contribution in [2.45, 2.75) is 20.8 Å². The summed E-state index contributed by atoms with van der Waals surface area (Å²) >= 11 is 0. The standard InChI is InChI=1S/C16H19F/c1-12(9-10-17)5-7-14(3)16-8-6-13(2)11-15(16)4/h5-9,11H,3,10H2,1-2,4H3/b7-5-,12-9-. The summed E-state index contributed by atoms with van der Waals surface area (Å²) in [5.74, 6) is 0. The zero-order chi connectivity index (χ0) is 12.8. The number of rotatable bonds is 4. The third-order valence-electron chi connectivity index (χ3n) is 2.67. The van der Waals surface area contributed by atoms with Crippen molar-refractivity contribution in [1.29, 1.82) is 0 Å². The highest BCUT2D eigenvalue weighted by Crippen LogP contribution is 2.20. The molecule has 0 saturated heterocycles. The normalized spacial score (nSPS) is 12.1. The third-order valence-corrected chi connectivity index (χ3v) is 2.67. The van der Waals surface area contributed by atoms with E-state index in [0.29, 0.717) is 0 Å². The Bertz CT molecular complexity index is 464. The lowest BCUT2D eigenvalue weighted by Gasteiger charge is -2.06. The van der Waals surface area contributed by atoms with Crippen LogP contribution in [0.15, 0.2) is 48.6 Å². The first-order valence-corrected chi connectivity index (χ1v) is 5.72. The zero-order valence-electron chi connectivity index (χ0n) is 10.8. The predicted octanol–water partition coefficient (Wildman–Crippen LogP) is 4.79. The van der Waals surface area contributed by atoms with Crippen LogP contribution in [0.25, 0.3) is 5.57 Å². The fourth-order valence-corrected chi connectivity index (χ4v) is 1.69. The van der Waals surface area contributed by atoms with Crippen molar-refractivity contribution < 1.29 is 4.39 Å². The molecule has 0 aliphatic heterocycles. The molecule has 0 unspecified atom stereocenters. The summed E-state index contributed by atoms with van der Waals surface area (Å²) in [4.78, 5) is 0. The van der Waals surface area contributed by atoms with Gasteiger partial charge in [-0.25, -0.2) is 4.39 Å². The zero-order valence-corrected chi connectivity index (χ0v) is 10.8. The molecule has 0 spiro atoms. The fraction of sp³-hybridized carbons (Fsp3) is 0.250. The van der Waals surface area contributed by atoms with Crippen LogP contribution in [0.3, 0.4) is 0 Å². The van der Waals surface area contributed by atoms with Crippen LogP contribution in [0.1, 0.15) is 23.6 Å². The first-order chi connectivity index (χ1) is 8.04. The number of hydrogen-bond donors (Lipinski definition) is 0. The Hall–Kier alpha value is -1.63. The van der Waals surface area contributed by atoms with Gasteiger partial charge in [-0.15, -0.1) is 0 Å². The van der Waals surface area contributed by atoms with E-state index in [-0.39, 0.29) is 0 Å². The molecule has 0 atom stereocenters. The Morgan fingerprint density at radius 3 is 2.59 bits per heavy atom. The lowest BCUT2D eigenvalue weighted by Crippen LogP contribution is -1.86. The summed E-state index contributed by atoms with van der Waals surface area (Å²) in [6.45, 7) is 9.64. The largest absolute Gasteiger partial charge is 0.247 e. The quantitative estimate of drug-likeness (QED) is 0.652. The molecule has 0 fully saturated rings. The van der Waals surface area contributed by atoms with Gasteiger partial charge in [-0.2, -0.15) is 0 Å². The van der Waals surface area contributed by atoms with Crippen molar-refractivity contribution in [2.75, 3.05) is 6.67 Å². The van der Waals surface area contributed by atoms with Gasteiger partial charge in [-0.05, 0) is 37.5 Å². The van der Waals surface area contributed by atoms with Crippen molar-refractivity contribution in [2.24, 2.45) is 0 Å². The molecule has 0 saturated carbocycles. The minimum Gasteiger partial charge on any atom is -0.247 e. The first-order valence-electron chi connectivity index (χ1n) is 5.72. The number of alkyl halides is 1. The van der Waals surface area contributed by atoms with E-state index in [9.17, 15) is 4.39 Å². The summed E-state index contributed by atoms with van der Waals surface area (Å²) in [6.07, 6.45) is 5.37. The molecule has 0 radical (unpaired) electrons. The van der Waals surface area contributed by atoms with Gasteiger partial charge in [-0.3, -0.25) is 0 Å². The maximum absolute atomic E-state index is 12.1. The molecule has 17 heavy (non-hydrogen) atoms.